The first-order chi connectivity index (χ1) is 23.9. The first-order valence-corrected chi connectivity index (χ1v) is 18.1. The zero-order chi connectivity index (χ0) is 35.6. The normalized spacial score (nSPS) is 21.7. The number of likely N-dealkylation sites (tertiary alicyclic amines) is 1. The monoisotopic (exact) mass is 706 g/mol. The zero-order valence-electron chi connectivity index (χ0n) is 28.1. The maximum absolute atomic E-state index is 14.7. The number of amides is 4. The minimum absolute atomic E-state index is 0.0151. The highest BCUT2D eigenvalue weighted by molar-refractivity contribution is 7.99. The van der Waals surface area contributed by atoms with Gasteiger partial charge in [0.1, 0.15) is 33.9 Å². The third-order valence-electron chi connectivity index (χ3n) is 10.0. The Kier molecular flexibility index (Phi) is 10.2. The van der Waals surface area contributed by atoms with Gasteiger partial charge in [0.25, 0.3) is 17.7 Å². The van der Waals surface area contributed by atoms with Gasteiger partial charge in [0.2, 0.25) is 11.7 Å². The maximum Gasteiger partial charge on any atom is 0.287 e. The smallest absolute Gasteiger partial charge is 0.287 e. The van der Waals surface area contributed by atoms with Crippen LogP contribution in [0, 0.1) is 5.92 Å². The number of aliphatic hydroxyl groups is 1. The number of thioether (sulfide) groups is 1. The SMILES string of the molecule is CC(C)(O)c1cnnn1[C@H]1C[C@@H](C(=O)NC2(C(=O)C(N)=O)CCSCC2)N(C(=O)C(CC2CCCCC2)=NC(=O)c2ccc3n[nH]nc3c2)C1. The first kappa shape index (κ1) is 35.3. The fourth-order valence-electron chi connectivity index (χ4n) is 7.27. The van der Waals surface area contributed by atoms with Crippen LogP contribution in [-0.4, -0.2) is 105 Å². The summed E-state index contributed by atoms with van der Waals surface area (Å²) in [5.41, 5.74) is 4.29. The quantitative estimate of drug-likeness (QED) is 0.175. The second kappa shape index (κ2) is 14.4. The third kappa shape index (κ3) is 7.33. The van der Waals surface area contributed by atoms with Gasteiger partial charge >= 0.3 is 0 Å². The molecular formula is C33H42N10O6S. The molecule has 3 fully saturated rings. The number of H-pyrrole nitrogens is 1. The molecule has 17 heteroatoms. The summed E-state index contributed by atoms with van der Waals surface area (Å²) in [6.45, 7) is 3.15. The Morgan fingerprint density at radius 3 is 2.52 bits per heavy atom. The van der Waals surface area contributed by atoms with E-state index in [9.17, 15) is 29.1 Å². The summed E-state index contributed by atoms with van der Waals surface area (Å²) in [6.07, 6.45) is 7.00. The van der Waals surface area contributed by atoms with Gasteiger partial charge in [0.15, 0.2) is 0 Å². The van der Waals surface area contributed by atoms with Crippen LogP contribution in [0.1, 0.15) is 93.7 Å². The number of aliphatic imine (C=N–C) groups is 1. The van der Waals surface area contributed by atoms with Gasteiger partial charge in [-0.1, -0.05) is 37.3 Å². The van der Waals surface area contributed by atoms with Crippen LogP contribution in [0.2, 0.25) is 0 Å². The largest absolute Gasteiger partial charge is 0.384 e. The zero-order valence-corrected chi connectivity index (χ0v) is 28.9. The van der Waals surface area contributed by atoms with Crippen molar-refractivity contribution >= 4 is 57.9 Å². The van der Waals surface area contributed by atoms with E-state index < -0.39 is 52.6 Å². The van der Waals surface area contributed by atoms with E-state index in [0.717, 1.165) is 32.1 Å². The van der Waals surface area contributed by atoms with E-state index in [1.54, 1.807) is 43.8 Å². The molecule has 1 saturated carbocycles. The molecule has 5 N–H and O–H groups in total. The van der Waals surface area contributed by atoms with E-state index in [1.807, 2.05) is 0 Å². The number of carbonyl (C=O) groups excluding carboxylic acids is 5. The van der Waals surface area contributed by atoms with E-state index in [0.29, 0.717) is 28.2 Å². The van der Waals surface area contributed by atoms with Crippen molar-refractivity contribution in [2.24, 2.45) is 16.6 Å². The minimum Gasteiger partial charge on any atom is -0.384 e. The number of carbonyl (C=O) groups is 5. The highest BCUT2D eigenvalue weighted by Crippen LogP contribution is 2.35. The van der Waals surface area contributed by atoms with Gasteiger partial charge < -0.3 is 21.1 Å². The predicted octanol–water partition coefficient (Wildman–Crippen LogP) is 1.61. The molecule has 0 radical (unpaired) electrons. The Bertz CT molecular complexity index is 1820. The molecule has 50 heavy (non-hydrogen) atoms. The number of Topliss-reactive ketones (excluding diaryl/α,β-unsaturated/α-hetero) is 1. The third-order valence-corrected chi connectivity index (χ3v) is 11.0. The van der Waals surface area contributed by atoms with E-state index in [2.05, 4.69) is 36.0 Å². The highest BCUT2D eigenvalue weighted by Gasteiger charge is 2.49. The lowest BCUT2D eigenvalue weighted by Gasteiger charge is -2.37. The lowest BCUT2D eigenvalue weighted by molar-refractivity contribution is -0.143. The van der Waals surface area contributed by atoms with Gasteiger partial charge in [0, 0.05) is 18.5 Å². The van der Waals surface area contributed by atoms with Crippen LogP contribution in [0.4, 0.5) is 0 Å². The number of benzene rings is 1. The molecule has 0 bridgehead atoms. The minimum atomic E-state index is -1.50. The molecule has 16 nitrogen and oxygen atoms in total. The van der Waals surface area contributed by atoms with Crippen molar-refractivity contribution in [3.05, 3.63) is 35.7 Å². The Labute approximate surface area is 292 Å². The number of rotatable bonds is 10. The van der Waals surface area contributed by atoms with Crippen LogP contribution in [0.25, 0.3) is 11.0 Å². The van der Waals surface area contributed by atoms with Crippen molar-refractivity contribution in [3.63, 3.8) is 0 Å². The lowest BCUT2D eigenvalue weighted by Crippen LogP contribution is -2.63. The number of primary amides is 1. The molecule has 6 rings (SSSR count). The van der Waals surface area contributed by atoms with Crippen LogP contribution >= 0.6 is 11.8 Å². The van der Waals surface area contributed by atoms with Crippen molar-refractivity contribution < 1.29 is 29.1 Å². The van der Waals surface area contributed by atoms with Gasteiger partial charge in [-0.05, 0) is 68.7 Å². The number of nitrogens with two attached hydrogens (primary N) is 1. The van der Waals surface area contributed by atoms with Crippen LogP contribution < -0.4 is 11.1 Å². The first-order valence-electron chi connectivity index (χ1n) is 17.0. The fourth-order valence-corrected chi connectivity index (χ4v) is 8.46. The molecule has 266 valence electrons. The van der Waals surface area contributed by atoms with Crippen LogP contribution in [0.15, 0.2) is 29.4 Å². The molecule has 3 aliphatic rings. The molecule has 2 aromatic heterocycles. The van der Waals surface area contributed by atoms with Crippen LogP contribution in [0.3, 0.4) is 0 Å². The van der Waals surface area contributed by atoms with Crippen molar-refractivity contribution in [2.45, 2.75) is 94.9 Å². The summed E-state index contributed by atoms with van der Waals surface area (Å²) < 4.78 is 1.51. The fraction of sp³-hybridized carbons (Fsp3) is 0.576. The summed E-state index contributed by atoms with van der Waals surface area (Å²) in [6, 6.07) is 3.04. The van der Waals surface area contributed by atoms with E-state index in [-0.39, 0.29) is 49.4 Å². The second-order valence-corrected chi connectivity index (χ2v) is 15.2. The van der Waals surface area contributed by atoms with Crippen molar-refractivity contribution in [3.8, 4) is 0 Å². The van der Waals surface area contributed by atoms with Gasteiger partial charge in [-0.3, -0.25) is 24.0 Å². The molecule has 1 aromatic carbocycles. The summed E-state index contributed by atoms with van der Waals surface area (Å²) in [5.74, 6) is -2.69. The number of ketones is 1. The summed E-state index contributed by atoms with van der Waals surface area (Å²) in [4.78, 5) is 73.6. The van der Waals surface area contributed by atoms with Crippen molar-refractivity contribution in [1.29, 1.82) is 0 Å². The average Bonchev–Trinajstić information content (AvgIpc) is 3.87. The summed E-state index contributed by atoms with van der Waals surface area (Å²) in [7, 11) is 0. The molecule has 1 aliphatic carbocycles. The maximum atomic E-state index is 14.7. The average molecular weight is 707 g/mol. The van der Waals surface area contributed by atoms with E-state index in [1.165, 1.54) is 15.8 Å². The molecule has 2 atom stereocenters. The van der Waals surface area contributed by atoms with E-state index in [4.69, 9.17) is 5.73 Å². The Hall–Kier alpha value is -4.51. The Morgan fingerprint density at radius 1 is 1.10 bits per heavy atom. The van der Waals surface area contributed by atoms with Crippen LogP contribution in [-0.2, 0) is 24.8 Å². The summed E-state index contributed by atoms with van der Waals surface area (Å²) >= 11 is 1.60. The molecular weight excluding hydrogens is 664 g/mol. The number of aromatic nitrogens is 6. The lowest BCUT2D eigenvalue weighted by atomic mass is 9.85. The standard InChI is InChI=1S/C33H42N10O6S/c1-32(2,49)26-17-35-41-43(26)21-16-25(30(47)37-33(27(44)28(34)45)10-12-50-13-11-33)42(18-21)31(48)24(14-19-6-4-3-5-7-19)36-29(46)20-8-9-22-23(15-20)39-40-38-22/h8-9,15,17,19,21,25,49H,3-7,10-14,16,18H2,1-2H3,(H2,34,45)(H,37,47)(H,38,39,40)/t21-,25-/m0/s1. The van der Waals surface area contributed by atoms with Gasteiger partial charge in [0.05, 0.1) is 17.9 Å². The number of hydrogen-bond acceptors (Lipinski definition) is 11. The number of hydrogen-bond donors (Lipinski definition) is 4. The van der Waals surface area contributed by atoms with E-state index >= 15 is 0 Å². The predicted molar refractivity (Wildman–Crippen MR) is 183 cm³/mol. The number of fused-ring (bicyclic) bond motifs is 1. The molecule has 4 heterocycles. The molecule has 0 unspecified atom stereocenters. The Morgan fingerprint density at radius 2 is 1.82 bits per heavy atom. The molecule has 2 aliphatic heterocycles. The number of aromatic amines is 1. The van der Waals surface area contributed by atoms with Crippen molar-refractivity contribution in [2.75, 3.05) is 18.1 Å². The van der Waals surface area contributed by atoms with Gasteiger partial charge in [-0.15, -0.1) is 5.10 Å². The molecule has 3 aromatic rings. The summed E-state index contributed by atoms with van der Waals surface area (Å²) in [5, 5.41) is 32.5. The molecule has 0 spiro atoms. The molecule has 2 saturated heterocycles. The number of nitrogens with zero attached hydrogens (tertiary/aromatic N) is 7. The topological polar surface area (TPSA) is 232 Å². The van der Waals surface area contributed by atoms with Gasteiger partial charge in [-0.25, -0.2) is 9.67 Å². The highest BCUT2D eigenvalue weighted by atomic mass is 32.2. The number of nitrogens with one attached hydrogen (secondary N) is 2. The molecule has 4 amide bonds. The second-order valence-electron chi connectivity index (χ2n) is 14.0. The van der Waals surface area contributed by atoms with Crippen LogP contribution in [0.5, 0.6) is 0 Å². The van der Waals surface area contributed by atoms with Crippen molar-refractivity contribution in [1.82, 2.24) is 40.6 Å². The Balaban J connectivity index is 1.36. The van der Waals surface area contributed by atoms with Gasteiger partial charge in [-0.2, -0.15) is 27.2 Å².